The summed E-state index contributed by atoms with van der Waals surface area (Å²) in [6.07, 6.45) is 2.84. The van der Waals surface area contributed by atoms with E-state index >= 15 is 0 Å². The number of rotatable bonds is 11. The lowest BCUT2D eigenvalue weighted by Gasteiger charge is -2.20. The molecule has 0 fully saturated rings. The molecule has 1 aromatic carbocycles. The summed E-state index contributed by atoms with van der Waals surface area (Å²) >= 11 is 8.01. The molecule has 0 atom stereocenters. The van der Waals surface area contributed by atoms with Crippen molar-refractivity contribution in [1.82, 2.24) is 4.98 Å². The zero-order valence-electron chi connectivity index (χ0n) is 16.9. The molecule has 2 rings (SSSR count). The van der Waals surface area contributed by atoms with E-state index in [1.54, 1.807) is 11.3 Å². The third-order valence-electron chi connectivity index (χ3n) is 4.47. The maximum absolute atomic E-state index is 11.1. The van der Waals surface area contributed by atoms with E-state index in [0.29, 0.717) is 19.0 Å². The molecule has 1 heterocycles. The minimum Gasteiger partial charge on any atom is -0.481 e. The summed E-state index contributed by atoms with van der Waals surface area (Å²) in [5.41, 5.74) is 8.62. The van der Waals surface area contributed by atoms with Crippen LogP contribution < -0.4 is 10.6 Å². The molecule has 5 nitrogen and oxygen atoms in total. The van der Waals surface area contributed by atoms with Gasteiger partial charge in [0, 0.05) is 28.6 Å². The molecule has 154 valence electrons. The summed E-state index contributed by atoms with van der Waals surface area (Å²) in [5, 5.41) is 10.7. The Morgan fingerprint density at radius 1 is 1.32 bits per heavy atom. The zero-order valence-corrected chi connectivity index (χ0v) is 18.4. The van der Waals surface area contributed by atoms with Crippen molar-refractivity contribution in [3.05, 3.63) is 33.7 Å². The normalized spacial score (nSPS) is 11.2. The second-order valence-electron chi connectivity index (χ2n) is 7.46. The summed E-state index contributed by atoms with van der Waals surface area (Å²) in [6, 6.07) is 6.04. The number of unbranched alkanes of at least 4 members (excludes halogenated alkanes) is 1. The summed E-state index contributed by atoms with van der Waals surface area (Å²) in [5.74, 6) is -0.300. The lowest BCUT2D eigenvalue weighted by Crippen LogP contribution is -2.27. The first-order valence-electron chi connectivity index (χ1n) is 9.74. The van der Waals surface area contributed by atoms with Gasteiger partial charge < -0.3 is 15.7 Å². The lowest BCUT2D eigenvalue weighted by atomic mass is 10.0. The Kier molecular flexibility index (Phi) is 8.73. The van der Waals surface area contributed by atoms with Crippen LogP contribution in [0.4, 0.5) is 5.13 Å². The molecular weight excluding hydrogens is 394 g/mol. The Morgan fingerprint density at radius 3 is 2.68 bits per heavy atom. The van der Waals surface area contributed by atoms with E-state index < -0.39 is 5.97 Å². The van der Waals surface area contributed by atoms with E-state index in [2.05, 4.69) is 24.8 Å². The molecule has 0 radical (unpaired) electrons. The van der Waals surface area contributed by atoms with Crippen molar-refractivity contribution in [2.75, 3.05) is 24.5 Å². The van der Waals surface area contributed by atoms with Crippen molar-refractivity contribution < 1.29 is 9.90 Å². The SMILES string of the molecule is Cc1ccc(-c2nc(N(CCCCN)CCC(=O)O)sc2CC(C)C)cc1Cl. The molecule has 3 N–H and O–H groups in total. The van der Waals surface area contributed by atoms with Crippen LogP contribution in [-0.2, 0) is 11.2 Å². The van der Waals surface area contributed by atoms with Crippen LogP contribution in [0.3, 0.4) is 0 Å². The first kappa shape index (κ1) is 22.7. The van der Waals surface area contributed by atoms with Gasteiger partial charge in [-0.25, -0.2) is 4.98 Å². The van der Waals surface area contributed by atoms with Gasteiger partial charge in [0.2, 0.25) is 0 Å². The minimum absolute atomic E-state index is 0.0907. The highest BCUT2D eigenvalue weighted by atomic mass is 35.5. The topological polar surface area (TPSA) is 79.5 Å². The number of carbonyl (C=O) groups is 1. The Morgan fingerprint density at radius 2 is 2.07 bits per heavy atom. The molecule has 0 unspecified atom stereocenters. The number of anilines is 1. The van der Waals surface area contributed by atoms with E-state index in [9.17, 15) is 4.79 Å². The molecule has 0 bridgehead atoms. The van der Waals surface area contributed by atoms with Crippen molar-refractivity contribution in [2.24, 2.45) is 11.7 Å². The second kappa shape index (κ2) is 10.8. The predicted molar refractivity (Wildman–Crippen MR) is 119 cm³/mol. The Balaban J connectivity index is 2.38. The molecule has 0 saturated heterocycles. The number of carboxylic acids is 1. The number of carboxylic acid groups (broad SMARTS) is 1. The Bertz CT molecular complexity index is 792. The fourth-order valence-corrected chi connectivity index (χ4v) is 4.46. The van der Waals surface area contributed by atoms with Crippen LogP contribution in [0, 0.1) is 12.8 Å². The standard InChI is InChI=1S/C21H30ClN3O2S/c1-14(2)12-18-20(16-7-6-15(3)17(22)13-16)24-21(28-18)25(10-5-4-9-23)11-8-19(26)27/h6-7,13-14H,4-5,8-12,23H2,1-3H3,(H,26,27). The van der Waals surface area contributed by atoms with Crippen molar-refractivity contribution in [3.63, 3.8) is 0 Å². The Labute approximate surface area is 176 Å². The first-order chi connectivity index (χ1) is 13.3. The van der Waals surface area contributed by atoms with Crippen molar-refractivity contribution >= 4 is 34.0 Å². The number of aliphatic carboxylic acids is 1. The molecule has 0 spiro atoms. The largest absolute Gasteiger partial charge is 0.481 e. The van der Waals surface area contributed by atoms with Gasteiger partial charge in [-0.2, -0.15) is 0 Å². The molecule has 0 saturated carbocycles. The van der Waals surface area contributed by atoms with Gasteiger partial charge >= 0.3 is 5.97 Å². The molecule has 7 heteroatoms. The molecule has 0 aliphatic heterocycles. The van der Waals surface area contributed by atoms with Gasteiger partial charge in [-0.1, -0.05) is 37.6 Å². The highest BCUT2D eigenvalue weighted by Gasteiger charge is 2.19. The quantitative estimate of drug-likeness (QED) is 0.497. The summed E-state index contributed by atoms with van der Waals surface area (Å²) in [7, 11) is 0. The van der Waals surface area contributed by atoms with Crippen LogP contribution in [0.25, 0.3) is 11.3 Å². The van der Waals surface area contributed by atoms with Crippen LogP contribution >= 0.6 is 22.9 Å². The van der Waals surface area contributed by atoms with Gasteiger partial charge in [0.15, 0.2) is 5.13 Å². The Hall–Kier alpha value is -1.63. The highest BCUT2D eigenvalue weighted by Crippen LogP contribution is 2.36. The molecule has 2 aromatic rings. The fraction of sp³-hybridized carbons (Fsp3) is 0.524. The average molecular weight is 424 g/mol. The van der Waals surface area contributed by atoms with Gasteiger partial charge in [-0.15, -0.1) is 11.3 Å². The number of halogens is 1. The van der Waals surface area contributed by atoms with Gasteiger partial charge in [0.1, 0.15) is 0 Å². The maximum Gasteiger partial charge on any atom is 0.305 e. The summed E-state index contributed by atoms with van der Waals surface area (Å²) in [6.45, 7) is 8.20. The van der Waals surface area contributed by atoms with Gasteiger partial charge in [-0.3, -0.25) is 4.79 Å². The van der Waals surface area contributed by atoms with E-state index in [1.165, 1.54) is 4.88 Å². The minimum atomic E-state index is -0.798. The smallest absolute Gasteiger partial charge is 0.305 e. The second-order valence-corrected chi connectivity index (χ2v) is 8.93. The number of benzene rings is 1. The third kappa shape index (κ3) is 6.47. The van der Waals surface area contributed by atoms with Crippen LogP contribution in [0.2, 0.25) is 5.02 Å². The number of nitrogens with two attached hydrogens (primary N) is 1. The van der Waals surface area contributed by atoms with Gasteiger partial charge in [0.05, 0.1) is 12.1 Å². The molecule has 0 aliphatic carbocycles. The zero-order chi connectivity index (χ0) is 20.7. The number of nitrogens with zero attached hydrogens (tertiary/aromatic N) is 2. The van der Waals surface area contributed by atoms with Crippen molar-refractivity contribution in [3.8, 4) is 11.3 Å². The van der Waals surface area contributed by atoms with Crippen LogP contribution in [0.5, 0.6) is 0 Å². The van der Waals surface area contributed by atoms with Crippen LogP contribution in [-0.4, -0.2) is 35.7 Å². The number of hydrogen-bond donors (Lipinski definition) is 2. The van der Waals surface area contributed by atoms with E-state index in [0.717, 1.165) is 52.8 Å². The predicted octanol–water partition coefficient (Wildman–Crippen LogP) is 4.99. The fourth-order valence-electron chi connectivity index (χ4n) is 2.93. The van der Waals surface area contributed by atoms with Gasteiger partial charge in [0.25, 0.3) is 0 Å². The molecule has 0 amide bonds. The number of aryl methyl sites for hydroxylation is 1. The number of hydrogen-bond acceptors (Lipinski definition) is 5. The molecule has 1 aromatic heterocycles. The maximum atomic E-state index is 11.1. The number of aromatic nitrogens is 1. The van der Waals surface area contributed by atoms with Crippen molar-refractivity contribution in [2.45, 2.75) is 46.5 Å². The van der Waals surface area contributed by atoms with Crippen LogP contribution in [0.1, 0.15) is 43.6 Å². The molecule has 28 heavy (non-hydrogen) atoms. The number of thiazole rings is 1. The summed E-state index contributed by atoms with van der Waals surface area (Å²) in [4.78, 5) is 19.3. The van der Waals surface area contributed by atoms with Crippen molar-refractivity contribution in [1.29, 1.82) is 0 Å². The average Bonchev–Trinajstić information content (AvgIpc) is 3.03. The van der Waals surface area contributed by atoms with E-state index in [4.69, 9.17) is 27.4 Å². The third-order valence-corrected chi connectivity index (χ3v) is 6.02. The first-order valence-corrected chi connectivity index (χ1v) is 10.9. The lowest BCUT2D eigenvalue weighted by molar-refractivity contribution is -0.136. The highest BCUT2D eigenvalue weighted by molar-refractivity contribution is 7.16. The monoisotopic (exact) mass is 423 g/mol. The summed E-state index contributed by atoms with van der Waals surface area (Å²) < 4.78 is 0. The molecule has 0 aliphatic rings. The van der Waals surface area contributed by atoms with E-state index in [-0.39, 0.29) is 6.42 Å². The molecular formula is C21H30ClN3O2S. The van der Waals surface area contributed by atoms with Gasteiger partial charge in [-0.05, 0) is 50.3 Å². The van der Waals surface area contributed by atoms with Crippen LogP contribution in [0.15, 0.2) is 18.2 Å². The van der Waals surface area contributed by atoms with E-state index in [1.807, 2.05) is 19.1 Å².